The first-order valence-electron chi connectivity index (χ1n) is 10.5. The molecule has 0 aliphatic rings. The maximum absolute atomic E-state index is 13.2. The summed E-state index contributed by atoms with van der Waals surface area (Å²) in [7, 11) is 0. The number of furan rings is 1. The molecule has 9 heteroatoms. The van der Waals surface area contributed by atoms with Gasteiger partial charge in [-0.25, -0.2) is 0 Å². The lowest BCUT2D eigenvalue weighted by Crippen LogP contribution is -2.21. The zero-order chi connectivity index (χ0) is 23.5. The fourth-order valence-corrected chi connectivity index (χ4v) is 4.57. The van der Waals surface area contributed by atoms with Crippen LogP contribution >= 0.6 is 22.9 Å². The van der Waals surface area contributed by atoms with Crippen molar-refractivity contribution in [2.75, 3.05) is 5.32 Å². The number of hydrogen-bond donors (Lipinski definition) is 1. The minimum atomic E-state index is -0.301. The summed E-state index contributed by atoms with van der Waals surface area (Å²) in [4.78, 5) is 27.4. The highest BCUT2D eigenvalue weighted by Gasteiger charge is 2.19. The SMILES string of the molecule is O=C(c1ccccc1)n1nc(-c2cccn(Cc3ccco3)c2=O)cc1NCc1ccc(Cl)s1. The van der Waals surface area contributed by atoms with Crippen molar-refractivity contribution in [1.82, 2.24) is 14.3 Å². The Kier molecular flexibility index (Phi) is 6.16. The van der Waals surface area contributed by atoms with Crippen LogP contribution in [0.4, 0.5) is 5.82 Å². The summed E-state index contributed by atoms with van der Waals surface area (Å²) >= 11 is 7.50. The van der Waals surface area contributed by atoms with Crippen LogP contribution in [0.1, 0.15) is 21.0 Å². The second-order valence-corrected chi connectivity index (χ2v) is 9.29. The molecule has 170 valence electrons. The van der Waals surface area contributed by atoms with Crippen molar-refractivity contribution < 1.29 is 9.21 Å². The Bertz CT molecular complexity index is 1490. The van der Waals surface area contributed by atoms with Gasteiger partial charge in [0.2, 0.25) is 0 Å². The van der Waals surface area contributed by atoms with Crippen molar-refractivity contribution in [3.8, 4) is 11.3 Å². The van der Waals surface area contributed by atoms with Crippen molar-refractivity contribution in [3.63, 3.8) is 0 Å². The summed E-state index contributed by atoms with van der Waals surface area (Å²) in [5, 5.41) is 7.78. The number of halogens is 1. The van der Waals surface area contributed by atoms with E-state index in [4.69, 9.17) is 16.0 Å². The zero-order valence-electron chi connectivity index (χ0n) is 17.8. The van der Waals surface area contributed by atoms with E-state index >= 15 is 0 Å². The largest absolute Gasteiger partial charge is 0.467 e. The quantitative estimate of drug-likeness (QED) is 0.331. The van der Waals surface area contributed by atoms with Gasteiger partial charge in [0.05, 0.1) is 29.3 Å². The van der Waals surface area contributed by atoms with Crippen LogP contribution in [0, 0.1) is 0 Å². The molecule has 0 fully saturated rings. The van der Waals surface area contributed by atoms with E-state index < -0.39 is 0 Å². The first-order valence-corrected chi connectivity index (χ1v) is 11.7. The van der Waals surface area contributed by atoms with Gasteiger partial charge in [-0.1, -0.05) is 29.8 Å². The highest BCUT2D eigenvalue weighted by atomic mass is 35.5. The molecule has 0 amide bonds. The van der Waals surface area contributed by atoms with Gasteiger partial charge in [-0.05, 0) is 48.5 Å². The number of thiophene rings is 1. The lowest BCUT2D eigenvalue weighted by molar-refractivity contribution is 0.0948. The van der Waals surface area contributed by atoms with E-state index in [0.717, 1.165) is 4.88 Å². The van der Waals surface area contributed by atoms with Crippen LogP contribution in [0.5, 0.6) is 0 Å². The van der Waals surface area contributed by atoms with Gasteiger partial charge in [0, 0.05) is 22.7 Å². The second kappa shape index (κ2) is 9.54. The number of carbonyl (C=O) groups excluding carboxylic acids is 1. The molecule has 0 atom stereocenters. The summed E-state index contributed by atoms with van der Waals surface area (Å²) in [5.41, 5.74) is 1.04. The number of nitrogens with zero attached hydrogens (tertiary/aromatic N) is 3. The van der Waals surface area contributed by atoms with E-state index in [1.165, 1.54) is 16.0 Å². The van der Waals surface area contributed by atoms with E-state index in [0.29, 0.717) is 45.8 Å². The summed E-state index contributed by atoms with van der Waals surface area (Å²) in [6.07, 6.45) is 3.26. The molecular formula is C25H19ClN4O3S. The average molecular weight is 491 g/mol. The Morgan fingerprint density at radius 3 is 2.65 bits per heavy atom. The molecule has 0 aliphatic heterocycles. The van der Waals surface area contributed by atoms with Crippen molar-refractivity contribution in [2.24, 2.45) is 0 Å². The monoisotopic (exact) mass is 490 g/mol. The Balaban J connectivity index is 1.52. The highest BCUT2D eigenvalue weighted by Crippen LogP contribution is 2.25. The van der Waals surface area contributed by atoms with E-state index in [2.05, 4.69) is 10.4 Å². The number of anilines is 1. The molecule has 4 heterocycles. The second-order valence-electron chi connectivity index (χ2n) is 7.49. The third-order valence-corrected chi connectivity index (χ3v) is 6.43. The molecule has 1 N–H and O–H groups in total. The molecule has 0 aliphatic carbocycles. The molecule has 5 rings (SSSR count). The van der Waals surface area contributed by atoms with Crippen molar-refractivity contribution in [1.29, 1.82) is 0 Å². The van der Waals surface area contributed by atoms with Gasteiger partial charge < -0.3 is 14.3 Å². The molecule has 4 aromatic heterocycles. The van der Waals surface area contributed by atoms with E-state index in [9.17, 15) is 9.59 Å². The molecule has 0 saturated carbocycles. The Morgan fingerprint density at radius 2 is 1.91 bits per heavy atom. The topological polar surface area (TPSA) is 82.1 Å². The van der Waals surface area contributed by atoms with Crippen molar-refractivity contribution in [3.05, 3.63) is 116 Å². The van der Waals surface area contributed by atoms with Crippen molar-refractivity contribution in [2.45, 2.75) is 13.1 Å². The van der Waals surface area contributed by atoms with Crippen LogP contribution in [-0.4, -0.2) is 20.3 Å². The Labute approximate surface area is 203 Å². The van der Waals surface area contributed by atoms with Gasteiger partial charge in [0.15, 0.2) is 0 Å². The van der Waals surface area contributed by atoms with Crippen LogP contribution < -0.4 is 10.9 Å². The standard InChI is InChI=1S/C25H19ClN4O3S/c26-22-11-10-19(34-22)15-27-23-14-21(28-30(23)24(31)17-6-2-1-3-7-17)20-9-4-12-29(25(20)32)16-18-8-5-13-33-18/h1-14,27H,15-16H2. The summed E-state index contributed by atoms with van der Waals surface area (Å²) < 4.78 is 8.91. The normalized spacial score (nSPS) is 11.0. The third kappa shape index (κ3) is 4.59. The molecule has 0 radical (unpaired) electrons. The van der Waals surface area contributed by atoms with Gasteiger partial charge in [0.25, 0.3) is 11.5 Å². The number of nitrogens with one attached hydrogen (secondary N) is 1. The fourth-order valence-electron chi connectivity index (χ4n) is 3.55. The molecule has 0 bridgehead atoms. The van der Waals surface area contributed by atoms with Crippen LogP contribution in [0.2, 0.25) is 4.34 Å². The zero-order valence-corrected chi connectivity index (χ0v) is 19.4. The molecule has 34 heavy (non-hydrogen) atoms. The van der Waals surface area contributed by atoms with E-state index in [-0.39, 0.29) is 11.5 Å². The van der Waals surface area contributed by atoms with Crippen LogP contribution in [0.25, 0.3) is 11.3 Å². The average Bonchev–Trinajstić information content (AvgIpc) is 3.61. The van der Waals surface area contributed by atoms with Gasteiger partial charge in [-0.2, -0.15) is 9.78 Å². The molecule has 0 unspecified atom stereocenters. The minimum absolute atomic E-state index is 0.229. The maximum Gasteiger partial charge on any atom is 0.280 e. The molecule has 0 spiro atoms. The predicted molar refractivity (Wildman–Crippen MR) is 133 cm³/mol. The Morgan fingerprint density at radius 1 is 1.06 bits per heavy atom. The summed E-state index contributed by atoms with van der Waals surface area (Å²) in [6, 6.07) is 21.4. The third-order valence-electron chi connectivity index (χ3n) is 5.20. The highest BCUT2D eigenvalue weighted by molar-refractivity contribution is 7.16. The van der Waals surface area contributed by atoms with E-state index in [1.807, 2.05) is 24.3 Å². The number of benzene rings is 1. The van der Waals surface area contributed by atoms with Crippen LogP contribution in [-0.2, 0) is 13.1 Å². The number of rotatable bonds is 7. The smallest absolute Gasteiger partial charge is 0.280 e. The number of aromatic nitrogens is 3. The van der Waals surface area contributed by atoms with E-state index in [1.54, 1.807) is 65.6 Å². The summed E-state index contributed by atoms with van der Waals surface area (Å²) in [5.74, 6) is 0.848. The fraction of sp³-hybridized carbons (Fsp3) is 0.0800. The van der Waals surface area contributed by atoms with Gasteiger partial charge in [0.1, 0.15) is 17.3 Å². The molecular weight excluding hydrogens is 472 g/mol. The number of carbonyl (C=O) groups is 1. The first kappa shape index (κ1) is 21.9. The van der Waals surface area contributed by atoms with Gasteiger partial charge in [-0.15, -0.1) is 11.3 Å². The maximum atomic E-state index is 13.2. The minimum Gasteiger partial charge on any atom is -0.467 e. The summed E-state index contributed by atoms with van der Waals surface area (Å²) in [6.45, 7) is 0.760. The molecule has 1 aromatic carbocycles. The molecule has 0 saturated heterocycles. The Hall–Kier alpha value is -3.88. The van der Waals surface area contributed by atoms with Crippen LogP contribution in [0.3, 0.4) is 0 Å². The van der Waals surface area contributed by atoms with Gasteiger partial charge >= 0.3 is 0 Å². The van der Waals surface area contributed by atoms with Gasteiger partial charge in [-0.3, -0.25) is 9.59 Å². The lowest BCUT2D eigenvalue weighted by atomic mass is 10.2. The lowest BCUT2D eigenvalue weighted by Gasteiger charge is -2.08. The molecule has 5 aromatic rings. The van der Waals surface area contributed by atoms with Crippen molar-refractivity contribution >= 4 is 34.7 Å². The number of pyridine rings is 1. The predicted octanol–water partition coefficient (Wildman–Crippen LogP) is 5.37. The number of hydrogen-bond acceptors (Lipinski definition) is 6. The molecule has 7 nitrogen and oxygen atoms in total. The first-order chi connectivity index (χ1) is 16.6. The van der Waals surface area contributed by atoms with Crippen LogP contribution in [0.15, 0.2) is 94.5 Å².